The van der Waals surface area contributed by atoms with E-state index in [-0.39, 0.29) is 16.2 Å². The second-order valence-corrected chi connectivity index (χ2v) is 7.34. The maximum atomic E-state index is 12.3. The van der Waals surface area contributed by atoms with Crippen LogP contribution in [0.3, 0.4) is 0 Å². The van der Waals surface area contributed by atoms with Gasteiger partial charge in [-0.2, -0.15) is 0 Å². The number of carboxylic acid groups (broad SMARTS) is 1. The minimum Gasteiger partial charge on any atom is -0.507 e. The lowest BCUT2D eigenvalue weighted by atomic mass is 10.2. The minimum absolute atomic E-state index is 0.142. The number of carbonyl (C=O) groups excluding carboxylic acids is 3. The van der Waals surface area contributed by atoms with Crippen molar-refractivity contribution in [3.05, 3.63) is 51.1 Å². The molecule has 3 N–H and O–H groups in total. The van der Waals surface area contributed by atoms with Crippen molar-refractivity contribution in [1.29, 1.82) is 0 Å². The van der Waals surface area contributed by atoms with Gasteiger partial charge in [0.1, 0.15) is 17.9 Å². The number of amides is 3. The van der Waals surface area contributed by atoms with E-state index < -0.39 is 35.3 Å². The number of carbonyl (C=O) groups is 4. The smallest absolute Gasteiger partial charge is 0.339 e. The Morgan fingerprint density at radius 3 is 2.63 bits per heavy atom. The number of phenols is 1. The molecule has 0 saturated carbocycles. The first-order chi connectivity index (χ1) is 12.8. The molecule has 1 aromatic heterocycles. The zero-order chi connectivity index (χ0) is 19.6. The number of benzene rings is 1. The van der Waals surface area contributed by atoms with Crippen molar-refractivity contribution in [2.24, 2.45) is 0 Å². The fourth-order valence-corrected chi connectivity index (χ4v) is 3.83. The zero-order valence-electron chi connectivity index (χ0n) is 13.5. The molecule has 0 radical (unpaired) electrons. The number of nitrogens with zero attached hydrogens (tertiary/aromatic N) is 1. The summed E-state index contributed by atoms with van der Waals surface area (Å²) >= 11 is 2.17. The topological polar surface area (TPSA) is 124 Å². The van der Waals surface area contributed by atoms with Gasteiger partial charge in [0.05, 0.1) is 4.91 Å². The van der Waals surface area contributed by atoms with Gasteiger partial charge in [-0.3, -0.25) is 19.3 Å². The lowest BCUT2D eigenvalue weighted by Crippen LogP contribution is -2.36. The Bertz CT molecular complexity index is 968. The summed E-state index contributed by atoms with van der Waals surface area (Å²) in [5.74, 6) is -3.03. The second-order valence-electron chi connectivity index (χ2n) is 5.37. The van der Waals surface area contributed by atoms with Crippen LogP contribution in [0.2, 0.25) is 0 Å². The summed E-state index contributed by atoms with van der Waals surface area (Å²) in [7, 11) is 0. The van der Waals surface area contributed by atoms with Crippen LogP contribution in [-0.4, -0.2) is 44.7 Å². The number of hydrogen-bond donors (Lipinski definition) is 3. The van der Waals surface area contributed by atoms with Gasteiger partial charge in [-0.05, 0) is 41.4 Å². The molecule has 27 heavy (non-hydrogen) atoms. The number of hydrogen-bond acceptors (Lipinski definition) is 7. The van der Waals surface area contributed by atoms with E-state index in [9.17, 15) is 24.3 Å². The summed E-state index contributed by atoms with van der Waals surface area (Å²) in [5, 5.41) is 22.2. The van der Waals surface area contributed by atoms with Crippen LogP contribution < -0.4 is 5.32 Å². The van der Waals surface area contributed by atoms with Gasteiger partial charge in [-0.15, -0.1) is 11.3 Å². The second kappa shape index (κ2) is 7.64. The average Bonchev–Trinajstić information content (AvgIpc) is 3.19. The fraction of sp³-hybridized carbons (Fsp3) is 0.0588. The van der Waals surface area contributed by atoms with Crippen molar-refractivity contribution in [2.75, 3.05) is 11.9 Å². The predicted molar refractivity (Wildman–Crippen MR) is 101 cm³/mol. The molecule has 1 aromatic carbocycles. The number of rotatable bonds is 5. The first kappa shape index (κ1) is 18.7. The molecule has 2 aromatic rings. The highest BCUT2D eigenvalue weighted by molar-refractivity contribution is 8.18. The molecule has 0 bridgehead atoms. The van der Waals surface area contributed by atoms with Crippen molar-refractivity contribution < 1.29 is 29.4 Å². The Balaban J connectivity index is 1.67. The Labute approximate surface area is 161 Å². The molecule has 1 fully saturated rings. The van der Waals surface area contributed by atoms with Crippen LogP contribution in [0.25, 0.3) is 6.08 Å². The van der Waals surface area contributed by atoms with Crippen LogP contribution in [0, 0.1) is 0 Å². The number of anilines is 1. The van der Waals surface area contributed by atoms with Crippen LogP contribution in [0.5, 0.6) is 5.75 Å². The van der Waals surface area contributed by atoms with Crippen LogP contribution in [0.15, 0.2) is 40.6 Å². The number of imide groups is 1. The predicted octanol–water partition coefficient (Wildman–Crippen LogP) is 2.83. The molecule has 10 heteroatoms. The molecule has 0 atom stereocenters. The van der Waals surface area contributed by atoms with E-state index in [0.717, 1.165) is 33.7 Å². The maximum absolute atomic E-state index is 12.3. The van der Waals surface area contributed by atoms with Gasteiger partial charge in [-0.1, -0.05) is 6.07 Å². The van der Waals surface area contributed by atoms with Crippen LogP contribution in [0.4, 0.5) is 10.5 Å². The molecule has 1 aliphatic rings. The Morgan fingerprint density at radius 2 is 2.00 bits per heavy atom. The number of nitrogens with one attached hydrogen (secondary N) is 1. The standard InChI is InChI=1S/C17H12N2O6S2/c20-12-6-9(3-4-11(12)16(23)24)18-14(21)8-19-15(22)13(27-17(19)25)7-10-2-1-5-26-10/h1-7,20H,8H2,(H,18,21)(H,23,24)/b13-7-. The number of carboxylic acids is 1. The minimum atomic E-state index is -1.30. The lowest BCUT2D eigenvalue weighted by Gasteiger charge is -2.12. The molecular weight excluding hydrogens is 392 g/mol. The largest absolute Gasteiger partial charge is 0.507 e. The maximum Gasteiger partial charge on any atom is 0.339 e. The molecule has 2 heterocycles. The summed E-state index contributed by atoms with van der Waals surface area (Å²) in [6.45, 7) is -0.492. The van der Waals surface area contributed by atoms with E-state index >= 15 is 0 Å². The van der Waals surface area contributed by atoms with Gasteiger partial charge in [0, 0.05) is 16.6 Å². The van der Waals surface area contributed by atoms with Crippen LogP contribution in [0.1, 0.15) is 15.2 Å². The molecule has 138 valence electrons. The fourth-order valence-electron chi connectivity index (χ4n) is 2.27. The zero-order valence-corrected chi connectivity index (χ0v) is 15.2. The van der Waals surface area contributed by atoms with Gasteiger partial charge in [0.2, 0.25) is 5.91 Å². The van der Waals surface area contributed by atoms with Crippen molar-refractivity contribution >= 4 is 57.9 Å². The monoisotopic (exact) mass is 404 g/mol. The third-order valence-corrected chi connectivity index (χ3v) is 5.23. The van der Waals surface area contributed by atoms with Crippen LogP contribution >= 0.6 is 23.1 Å². The van der Waals surface area contributed by atoms with E-state index in [1.807, 2.05) is 11.4 Å². The number of thiophene rings is 1. The first-order valence-corrected chi connectivity index (χ1v) is 9.20. The number of aromatic hydroxyl groups is 1. The molecule has 0 spiro atoms. The normalized spacial score (nSPS) is 15.4. The van der Waals surface area contributed by atoms with Crippen LogP contribution in [-0.2, 0) is 9.59 Å². The third-order valence-electron chi connectivity index (χ3n) is 3.50. The highest BCUT2D eigenvalue weighted by Crippen LogP contribution is 2.32. The highest BCUT2D eigenvalue weighted by atomic mass is 32.2. The van der Waals surface area contributed by atoms with Crippen molar-refractivity contribution in [3.63, 3.8) is 0 Å². The molecule has 0 unspecified atom stereocenters. The molecule has 3 rings (SSSR count). The van der Waals surface area contributed by atoms with Crippen molar-refractivity contribution in [2.45, 2.75) is 0 Å². The summed E-state index contributed by atoms with van der Waals surface area (Å²) in [4.78, 5) is 49.2. The Hall–Kier alpha value is -3.11. The third kappa shape index (κ3) is 4.18. The van der Waals surface area contributed by atoms with Crippen molar-refractivity contribution in [3.8, 4) is 5.75 Å². The quantitative estimate of drug-likeness (QED) is 0.655. The van der Waals surface area contributed by atoms with Gasteiger partial charge < -0.3 is 15.5 Å². The highest BCUT2D eigenvalue weighted by Gasteiger charge is 2.36. The van der Waals surface area contributed by atoms with E-state index in [2.05, 4.69) is 5.32 Å². The molecule has 1 saturated heterocycles. The lowest BCUT2D eigenvalue weighted by molar-refractivity contribution is -0.127. The summed E-state index contributed by atoms with van der Waals surface area (Å²) in [5.41, 5.74) is -0.166. The van der Waals surface area contributed by atoms with E-state index in [4.69, 9.17) is 5.11 Å². The molecule has 0 aliphatic carbocycles. The van der Waals surface area contributed by atoms with E-state index in [0.29, 0.717) is 0 Å². The van der Waals surface area contributed by atoms with Gasteiger partial charge >= 0.3 is 5.97 Å². The summed E-state index contributed by atoms with van der Waals surface area (Å²) < 4.78 is 0. The summed E-state index contributed by atoms with van der Waals surface area (Å²) in [6.07, 6.45) is 1.59. The first-order valence-electron chi connectivity index (χ1n) is 7.50. The molecule has 3 amide bonds. The molecular formula is C17H12N2O6S2. The molecule has 8 nitrogen and oxygen atoms in total. The van der Waals surface area contributed by atoms with Crippen molar-refractivity contribution in [1.82, 2.24) is 4.90 Å². The number of thioether (sulfide) groups is 1. The molecule has 1 aliphatic heterocycles. The Morgan fingerprint density at radius 1 is 1.22 bits per heavy atom. The Kier molecular flexibility index (Phi) is 5.28. The average molecular weight is 404 g/mol. The van der Waals surface area contributed by atoms with E-state index in [1.165, 1.54) is 17.4 Å². The van der Waals surface area contributed by atoms with Gasteiger partial charge in [-0.25, -0.2) is 4.79 Å². The van der Waals surface area contributed by atoms with Gasteiger partial charge in [0.25, 0.3) is 11.1 Å². The van der Waals surface area contributed by atoms with Gasteiger partial charge in [0.15, 0.2) is 0 Å². The summed E-state index contributed by atoms with van der Waals surface area (Å²) in [6, 6.07) is 7.13. The van der Waals surface area contributed by atoms with E-state index in [1.54, 1.807) is 12.1 Å². The number of aromatic carboxylic acids is 1. The SMILES string of the molecule is O=C(CN1C(=O)S/C(=C\c2cccs2)C1=O)Nc1ccc(C(=O)O)c(O)c1.